The number of halogens is 1. The number of ether oxygens (including phenoxy) is 1. The second kappa shape index (κ2) is 6.34. The van der Waals surface area contributed by atoms with Crippen LogP contribution in [0.15, 0.2) is 30.5 Å². The van der Waals surface area contributed by atoms with Crippen LogP contribution in [0.2, 0.25) is 5.02 Å². The molecule has 0 saturated heterocycles. The van der Waals surface area contributed by atoms with E-state index in [2.05, 4.69) is 9.97 Å². The molecule has 0 aliphatic heterocycles. The lowest BCUT2D eigenvalue weighted by Crippen LogP contribution is -2.12. The molecule has 0 saturated carbocycles. The number of nitrogens with zero attached hydrogens (tertiary/aromatic N) is 2. The SMILES string of the molecule is CCOC(=O)c1cnc(Cc2cccc(Cl)c2)nc1N. The predicted molar refractivity (Wildman–Crippen MR) is 76.7 cm³/mol. The van der Waals surface area contributed by atoms with Crippen molar-refractivity contribution in [2.45, 2.75) is 13.3 Å². The molecular formula is C14H14ClN3O2. The van der Waals surface area contributed by atoms with E-state index >= 15 is 0 Å². The molecule has 1 heterocycles. The van der Waals surface area contributed by atoms with Crippen molar-refractivity contribution in [1.29, 1.82) is 0 Å². The fraction of sp³-hybridized carbons (Fsp3) is 0.214. The topological polar surface area (TPSA) is 78.1 Å². The molecule has 6 heteroatoms. The molecular weight excluding hydrogens is 278 g/mol. The van der Waals surface area contributed by atoms with Crippen molar-refractivity contribution in [3.05, 3.63) is 52.4 Å². The average molecular weight is 292 g/mol. The number of rotatable bonds is 4. The zero-order valence-corrected chi connectivity index (χ0v) is 11.7. The van der Waals surface area contributed by atoms with E-state index in [4.69, 9.17) is 22.1 Å². The number of benzene rings is 1. The van der Waals surface area contributed by atoms with E-state index in [1.54, 1.807) is 13.0 Å². The van der Waals surface area contributed by atoms with E-state index < -0.39 is 5.97 Å². The molecule has 2 rings (SSSR count). The summed E-state index contributed by atoms with van der Waals surface area (Å²) in [5, 5.41) is 0.651. The molecule has 104 valence electrons. The Kier molecular flexibility index (Phi) is 4.53. The number of aromatic nitrogens is 2. The third-order valence-electron chi connectivity index (χ3n) is 2.61. The van der Waals surface area contributed by atoms with E-state index in [0.717, 1.165) is 5.56 Å². The number of nitrogen functional groups attached to an aromatic ring is 1. The van der Waals surface area contributed by atoms with Gasteiger partial charge in [-0.25, -0.2) is 14.8 Å². The summed E-state index contributed by atoms with van der Waals surface area (Å²) in [4.78, 5) is 19.8. The zero-order chi connectivity index (χ0) is 14.5. The Morgan fingerprint density at radius 2 is 2.25 bits per heavy atom. The second-order valence-corrected chi connectivity index (χ2v) is 4.55. The first-order valence-electron chi connectivity index (χ1n) is 6.13. The van der Waals surface area contributed by atoms with Crippen LogP contribution in [-0.4, -0.2) is 22.5 Å². The smallest absolute Gasteiger partial charge is 0.343 e. The van der Waals surface area contributed by atoms with Crippen molar-refractivity contribution in [3.63, 3.8) is 0 Å². The molecule has 5 nitrogen and oxygen atoms in total. The monoisotopic (exact) mass is 291 g/mol. The molecule has 0 amide bonds. The number of nitrogens with two attached hydrogens (primary N) is 1. The van der Waals surface area contributed by atoms with E-state index in [0.29, 0.717) is 17.3 Å². The van der Waals surface area contributed by atoms with Gasteiger partial charge in [0.05, 0.1) is 6.61 Å². The van der Waals surface area contributed by atoms with E-state index in [-0.39, 0.29) is 18.0 Å². The number of hydrogen-bond acceptors (Lipinski definition) is 5. The molecule has 0 radical (unpaired) electrons. The van der Waals surface area contributed by atoms with Crippen LogP contribution in [0.5, 0.6) is 0 Å². The van der Waals surface area contributed by atoms with Gasteiger partial charge < -0.3 is 10.5 Å². The molecule has 0 bridgehead atoms. The van der Waals surface area contributed by atoms with Gasteiger partial charge >= 0.3 is 5.97 Å². The number of carbonyl (C=O) groups is 1. The number of esters is 1. The maximum Gasteiger partial charge on any atom is 0.343 e. The first-order chi connectivity index (χ1) is 9.60. The number of anilines is 1. The van der Waals surface area contributed by atoms with Gasteiger partial charge in [-0.2, -0.15) is 0 Å². The lowest BCUT2D eigenvalue weighted by atomic mass is 10.1. The molecule has 0 unspecified atom stereocenters. The molecule has 1 aromatic heterocycles. The van der Waals surface area contributed by atoms with Gasteiger partial charge in [-0.1, -0.05) is 23.7 Å². The van der Waals surface area contributed by atoms with Gasteiger partial charge in [-0.15, -0.1) is 0 Å². The van der Waals surface area contributed by atoms with E-state index in [1.165, 1.54) is 6.20 Å². The quantitative estimate of drug-likeness (QED) is 0.876. The van der Waals surface area contributed by atoms with Gasteiger partial charge in [0.15, 0.2) is 0 Å². The van der Waals surface area contributed by atoms with Crippen molar-refractivity contribution in [1.82, 2.24) is 9.97 Å². The Hall–Kier alpha value is -2.14. The summed E-state index contributed by atoms with van der Waals surface area (Å²) in [6.45, 7) is 2.00. The van der Waals surface area contributed by atoms with Gasteiger partial charge in [-0.3, -0.25) is 0 Å². The molecule has 2 aromatic rings. The molecule has 0 atom stereocenters. The summed E-state index contributed by atoms with van der Waals surface area (Å²) in [5.41, 5.74) is 6.91. The van der Waals surface area contributed by atoms with Gasteiger partial charge in [0, 0.05) is 17.6 Å². The van der Waals surface area contributed by atoms with Crippen LogP contribution in [0.1, 0.15) is 28.7 Å². The highest BCUT2D eigenvalue weighted by Crippen LogP contribution is 2.15. The largest absolute Gasteiger partial charge is 0.462 e. The second-order valence-electron chi connectivity index (χ2n) is 4.11. The minimum Gasteiger partial charge on any atom is -0.462 e. The van der Waals surface area contributed by atoms with Crippen LogP contribution in [0.25, 0.3) is 0 Å². The van der Waals surface area contributed by atoms with Crippen molar-refractivity contribution in [3.8, 4) is 0 Å². The van der Waals surface area contributed by atoms with Gasteiger partial charge in [-0.05, 0) is 24.6 Å². The van der Waals surface area contributed by atoms with Crippen molar-refractivity contribution in [2.75, 3.05) is 12.3 Å². The van der Waals surface area contributed by atoms with Crippen LogP contribution in [0, 0.1) is 0 Å². The molecule has 0 fully saturated rings. The van der Waals surface area contributed by atoms with Gasteiger partial charge in [0.1, 0.15) is 17.2 Å². The summed E-state index contributed by atoms with van der Waals surface area (Å²) in [6, 6.07) is 7.41. The highest BCUT2D eigenvalue weighted by Gasteiger charge is 2.13. The first-order valence-corrected chi connectivity index (χ1v) is 6.51. The minimum atomic E-state index is -0.515. The van der Waals surface area contributed by atoms with Crippen LogP contribution < -0.4 is 5.73 Å². The summed E-state index contributed by atoms with van der Waals surface area (Å²) in [6.07, 6.45) is 1.88. The molecule has 0 aliphatic rings. The molecule has 0 spiro atoms. The average Bonchev–Trinajstić information content (AvgIpc) is 2.39. The Morgan fingerprint density at radius 1 is 1.45 bits per heavy atom. The minimum absolute atomic E-state index is 0.121. The Balaban J connectivity index is 2.19. The Morgan fingerprint density at radius 3 is 2.90 bits per heavy atom. The van der Waals surface area contributed by atoms with E-state index in [1.807, 2.05) is 18.2 Å². The van der Waals surface area contributed by atoms with Crippen molar-refractivity contribution >= 4 is 23.4 Å². The summed E-state index contributed by atoms with van der Waals surface area (Å²) in [5.74, 6) is 0.132. The van der Waals surface area contributed by atoms with Crippen LogP contribution >= 0.6 is 11.6 Å². The third kappa shape index (κ3) is 3.45. The predicted octanol–water partition coefficient (Wildman–Crippen LogP) is 2.48. The lowest BCUT2D eigenvalue weighted by Gasteiger charge is -2.06. The summed E-state index contributed by atoms with van der Waals surface area (Å²) >= 11 is 5.92. The van der Waals surface area contributed by atoms with Gasteiger partial charge in [0.25, 0.3) is 0 Å². The maximum absolute atomic E-state index is 11.6. The zero-order valence-electron chi connectivity index (χ0n) is 11.0. The lowest BCUT2D eigenvalue weighted by molar-refractivity contribution is 0.0526. The molecule has 1 aromatic carbocycles. The van der Waals surface area contributed by atoms with Crippen LogP contribution in [0.3, 0.4) is 0 Å². The fourth-order valence-electron chi connectivity index (χ4n) is 1.71. The number of carbonyl (C=O) groups excluding carboxylic acids is 1. The molecule has 20 heavy (non-hydrogen) atoms. The van der Waals surface area contributed by atoms with Crippen LogP contribution in [-0.2, 0) is 11.2 Å². The Bertz CT molecular complexity index is 632. The highest BCUT2D eigenvalue weighted by atomic mass is 35.5. The standard InChI is InChI=1S/C14H14ClN3O2/c1-2-20-14(19)11-8-17-12(18-13(11)16)7-9-4-3-5-10(15)6-9/h3-6,8H,2,7H2,1H3,(H2,16,17,18). The highest BCUT2D eigenvalue weighted by molar-refractivity contribution is 6.30. The van der Waals surface area contributed by atoms with Crippen molar-refractivity contribution < 1.29 is 9.53 Å². The van der Waals surface area contributed by atoms with Crippen molar-refractivity contribution in [2.24, 2.45) is 0 Å². The van der Waals surface area contributed by atoms with Gasteiger partial charge in [0.2, 0.25) is 0 Å². The number of hydrogen-bond donors (Lipinski definition) is 1. The first kappa shape index (κ1) is 14.3. The van der Waals surface area contributed by atoms with Crippen LogP contribution in [0.4, 0.5) is 5.82 Å². The fourth-order valence-corrected chi connectivity index (χ4v) is 1.93. The maximum atomic E-state index is 11.6. The summed E-state index contributed by atoms with van der Waals surface area (Å²) in [7, 11) is 0. The molecule has 2 N–H and O–H groups in total. The Labute approximate surface area is 121 Å². The third-order valence-corrected chi connectivity index (χ3v) is 2.85. The molecule has 0 aliphatic carbocycles. The summed E-state index contributed by atoms with van der Waals surface area (Å²) < 4.78 is 4.87. The van der Waals surface area contributed by atoms with E-state index in [9.17, 15) is 4.79 Å². The normalized spacial score (nSPS) is 10.3.